The Kier molecular flexibility index (Phi) is 6.49. The molecule has 1 unspecified atom stereocenters. The SMILES string of the molecule is CCC1(CO)CCN(C(=O)NCC(C)N(C)c2ccccc2)CC1. The lowest BCUT2D eigenvalue weighted by atomic mass is 9.77. The largest absolute Gasteiger partial charge is 0.396 e. The number of amides is 2. The minimum atomic E-state index is 0.00551. The predicted molar refractivity (Wildman–Crippen MR) is 98.3 cm³/mol. The number of aliphatic hydroxyl groups is 1. The molecule has 1 heterocycles. The van der Waals surface area contributed by atoms with Gasteiger partial charge in [0.05, 0.1) is 0 Å². The molecule has 0 aromatic heterocycles. The average Bonchev–Trinajstić information content (AvgIpc) is 2.66. The first kappa shape index (κ1) is 18.6. The van der Waals surface area contributed by atoms with Gasteiger partial charge in [0.2, 0.25) is 0 Å². The van der Waals surface area contributed by atoms with Gasteiger partial charge in [0.15, 0.2) is 0 Å². The number of anilines is 1. The third kappa shape index (κ3) is 4.41. The van der Waals surface area contributed by atoms with Gasteiger partial charge in [-0.3, -0.25) is 0 Å². The van der Waals surface area contributed by atoms with Crippen molar-refractivity contribution in [3.63, 3.8) is 0 Å². The third-order valence-corrected chi connectivity index (χ3v) is 5.57. The molecular weight excluding hydrogens is 302 g/mol. The van der Waals surface area contributed by atoms with Crippen LogP contribution in [-0.4, -0.2) is 55.4 Å². The molecule has 1 atom stereocenters. The van der Waals surface area contributed by atoms with E-state index in [1.165, 1.54) is 0 Å². The molecule has 0 radical (unpaired) electrons. The fourth-order valence-corrected chi connectivity index (χ4v) is 3.21. The second kappa shape index (κ2) is 8.38. The van der Waals surface area contributed by atoms with E-state index in [0.717, 1.165) is 38.0 Å². The number of carbonyl (C=O) groups is 1. The summed E-state index contributed by atoms with van der Waals surface area (Å²) in [4.78, 5) is 16.4. The molecule has 1 saturated heterocycles. The highest BCUT2D eigenvalue weighted by atomic mass is 16.3. The van der Waals surface area contributed by atoms with Gasteiger partial charge in [0, 0.05) is 45.0 Å². The van der Waals surface area contributed by atoms with Crippen molar-refractivity contribution >= 4 is 11.7 Å². The van der Waals surface area contributed by atoms with Crippen LogP contribution in [-0.2, 0) is 0 Å². The van der Waals surface area contributed by atoms with E-state index in [1.54, 1.807) is 0 Å². The number of piperidine rings is 1. The van der Waals surface area contributed by atoms with E-state index < -0.39 is 0 Å². The maximum atomic E-state index is 12.4. The number of benzene rings is 1. The number of urea groups is 1. The van der Waals surface area contributed by atoms with E-state index in [0.29, 0.717) is 6.54 Å². The number of rotatable bonds is 6. The van der Waals surface area contributed by atoms with Crippen LogP contribution in [0.5, 0.6) is 0 Å². The minimum Gasteiger partial charge on any atom is -0.396 e. The fourth-order valence-electron chi connectivity index (χ4n) is 3.21. The summed E-state index contributed by atoms with van der Waals surface area (Å²) in [6, 6.07) is 10.4. The Labute approximate surface area is 145 Å². The van der Waals surface area contributed by atoms with Crippen molar-refractivity contribution in [1.29, 1.82) is 0 Å². The second-order valence-corrected chi connectivity index (χ2v) is 6.98. The van der Waals surface area contributed by atoms with Gasteiger partial charge in [-0.2, -0.15) is 0 Å². The Morgan fingerprint density at radius 1 is 1.33 bits per heavy atom. The predicted octanol–water partition coefficient (Wildman–Crippen LogP) is 2.71. The average molecular weight is 333 g/mol. The molecule has 5 heteroatoms. The Hall–Kier alpha value is -1.75. The number of carbonyl (C=O) groups excluding carboxylic acids is 1. The van der Waals surface area contributed by atoms with Crippen molar-refractivity contribution in [2.45, 2.75) is 39.2 Å². The summed E-state index contributed by atoms with van der Waals surface area (Å²) in [6.07, 6.45) is 2.73. The summed E-state index contributed by atoms with van der Waals surface area (Å²) < 4.78 is 0. The highest BCUT2D eigenvalue weighted by molar-refractivity contribution is 5.74. The number of likely N-dealkylation sites (tertiary alicyclic amines) is 1. The van der Waals surface area contributed by atoms with Gasteiger partial charge in [-0.15, -0.1) is 0 Å². The maximum absolute atomic E-state index is 12.4. The molecule has 134 valence electrons. The number of likely N-dealkylation sites (N-methyl/N-ethyl adjacent to an activating group) is 1. The Bertz CT molecular complexity index is 507. The molecule has 1 fully saturated rings. The van der Waals surface area contributed by atoms with Crippen molar-refractivity contribution in [1.82, 2.24) is 10.2 Å². The molecule has 2 rings (SSSR count). The van der Waals surface area contributed by atoms with E-state index in [1.807, 2.05) is 30.1 Å². The zero-order valence-electron chi connectivity index (χ0n) is 15.2. The first-order valence-corrected chi connectivity index (χ1v) is 8.93. The number of para-hydroxylation sites is 1. The van der Waals surface area contributed by atoms with Gasteiger partial charge in [-0.05, 0) is 43.7 Å². The van der Waals surface area contributed by atoms with Gasteiger partial charge in [-0.25, -0.2) is 4.79 Å². The van der Waals surface area contributed by atoms with Crippen molar-refractivity contribution < 1.29 is 9.90 Å². The van der Waals surface area contributed by atoms with Crippen LogP contribution in [0, 0.1) is 5.41 Å². The van der Waals surface area contributed by atoms with Crippen LogP contribution in [0.2, 0.25) is 0 Å². The molecule has 1 aromatic carbocycles. The summed E-state index contributed by atoms with van der Waals surface area (Å²) in [5.41, 5.74) is 1.16. The summed E-state index contributed by atoms with van der Waals surface area (Å²) in [7, 11) is 2.05. The van der Waals surface area contributed by atoms with Crippen molar-refractivity contribution in [2.75, 3.05) is 38.2 Å². The fraction of sp³-hybridized carbons (Fsp3) is 0.632. The molecule has 0 aliphatic carbocycles. The van der Waals surface area contributed by atoms with Crippen LogP contribution in [0.4, 0.5) is 10.5 Å². The first-order valence-electron chi connectivity index (χ1n) is 8.93. The zero-order chi connectivity index (χ0) is 17.6. The number of nitrogens with zero attached hydrogens (tertiary/aromatic N) is 2. The normalized spacial score (nSPS) is 18.1. The smallest absolute Gasteiger partial charge is 0.317 e. The van der Waals surface area contributed by atoms with E-state index >= 15 is 0 Å². The molecule has 5 nitrogen and oxygen atoms in total. The molecule has 0 bridgehead atoms. The molecule has 1 aromatic rings. The highest BCUT2D eigenvalue weighted by Gasteiger charge is 2.33. The lowest BCUT2D eigenvalue weighted by molar-refractivity contribution is 0.0519. The van der Waals surface area contributed by atoms with Crippen molar-refractivity contribution in [2.24, 2.45) is 5.41 Å². The number of hydrogen-bond donors (Lipinski definition) is 2. The van der Waals surface area contributed by atoms with Crippen LogP contribution in [0.3, 0.4) is 0 Å². The number of nitrogens with one attached hydrogen (secondary N) is 1. The number of hydrogen-bond acceptors (Lipinski definition) is 3. The van der Waals surface area contributed by atoms with Gasteiger partial charge < -0.3 is 20.2 Å². The summed E-state index contributed by atoms with van der Waals surface area (Å²) >= 11 is 0. The van der Waals surface area contributed by atoms with Crippen LogP contribution in [0.1, 0.15) is 33.1 Å². The summed E-state index contributed by atoms with van der Waals surface area (Å²) in [5, 5.41) is 12.6. The Morgan fingerprint density at radius 2 is 1.96 bits per heavy atom. The molecule has 0 spiro atoms. The van der Waals surface area contributed by atoms with E-state index in [9.17, 15) is 9.90 Å². The molecule has 24 heavy (non-hydrogen) atoms. The van der Waals surface area contributed by atoms with Crippen LogP contribution in [0.15, 0.2) is 30.3 Å². The monoisotopic (exact) mass is 333 g/mol. The standard InChI is InChI=1S/C19H31N3O2/c1-4-19(15-23)10-12-22(13-11-19)18(24)20-14-16(2)21(3)17-8-6-5-7-9-17/h5-9,16,23H,4,10-15H2,1-3H3,(H,20,24). The van der Waals surface area contributed by atoms with Gasteiger partial charge >= 0.3 is 6.03 Å². The topological polar surface area (TPSA) is 55.8 Å². The van der Waals surface area contributed by atoms with E-state index in [4.69, 9.17) is 0 Å². The second-order valence-electron chi connectivity index (χ2n) is 6.98. The van der Waals surface area contributed by atoms with Gasteiger partial charge in [0.1, 0.15) is 0 Å². The Balaban J connectivity index is 1.79. The van der Waals surface area contributed by atoms with Crippen LogP contribution < -0.4 is 10.2 Å². The van der Waals surface area contributed by atoms with Crippen molar-refractivity contribution in [3.05, 3.63) is 30.3 Å². The van der Waals surface area contributed by atoms with Crippen LogP contribution >= 0.6 is 0 Å². The lowest BCUT2D eigenvalue weighted by Crippen LogP contribution is -2.50. The third-order valence-electron chi connectivity index (χ3n) is 5.57. The summed E-state index contributed by atoms with van der Waals surface area (Å²) in [5.74, 6) is 0. The van der Waals surface area contributed by atoms with Gasteiger partial charge in [0.25, 0.3) is 0 Å². The van der Waals surface area contributed by atoms with Gasteiger partial charge in [-0.1, -0.05) is 25.1 Å². The molecule has 2 N–H and O–H groups in total. The maximum Gasteiger partial charge on any atom is 0.317 e. The lowest BCUT2D eigenvalue weighted by Gasteiger charge is -2.40. The zero-order valence-corrected chi connectivity index (χ0v) is 15.2. The quantitative estimate of drug-likeness (QED) is 0.841. The Morgan fingerprint density at radius 3 is 2.50 bits per heavy atom. The first-order chi connectivity index (χ1) is 11.5. The molecule has 1 aliphatic rings. The van der Waals surface area contributed by atoms with Crippen molar-refractivity contribution in [3.8, 4) is 0 Å². The van der Waals surface area contributed by atoms with Crippen LogP contribution in [0.25, 0.3) is 0 Å². The summed E-state index contributed by atoms with van der Waals surface area (Å²) in [6.45, 7) is 6.51. The molecule has 2 amide bonds. The van der Waals surface area contributed by atoms with E-state index in [2.05, 4.69) is 36.2 Å². The van der Waals surface area contributed by atoms with E-state index in [-0.39, 0.29) is 24.1 Å². The minimum absolute atomic E-state index is 0.00551. The number of aliphatic hydroxyl groups excluding tert-OH is 1. The molecular formula is C19H31N3O2. The molecule has 0 saturated carbocycles. The molecule has 1 aliphatic heterocycles. The highest BCUT2D eigenvalue weighted by Crippen LogP contribution is 2.34.